The lowest BCUT2D eigenvalue weighted by Gasteiger charge is -2.57. The summed E-state index contributed by atoms with van der Waals surface area (Å²) in [5, 5.41) is 17.8. The van der Waals surface area contributed by atoms with E-state index in [4.69, 9.17) is 15.2 Å². The zero-order chi connectivity index (χ0) is 28.5. The number of nitrogens with zero attached hydrogens (tertiary/aromatic N) is 4. The largest absolute Gasteiger partial charge is 0.489 e. The van der Waals surface area contributed by atoms with E-state index in [0.717, 1.165) is 62.0 Å². The minimum Gasteiger partial charge on any atom is -0.489 e. The Morgan fingerprint density at radius 1 is 1.17 bits per heavy atom. The van der Waals surface area contributed by atoms with Crippen LogP contribution in [-0.4, -0.2) is 60.4 Å². The average Bonchev–Trinajstić information content (AvgIpc) is 3.78. The highest BCUT2D eigenvalue weighted by molar-refractivity contribution is 5.99. The predicted octanol–water partition coefficient (Wildman–Crippen LogP) is 3.19. The summed E-state index contributed by atoms with van der Waals surface area (Å²) in [6.45, 7) is 4.41. The maximum Gasteiger partial charge on any atom is 0.272 e. The van der Waals surface area contributed by atoms with E-state index in [9.17, 15) is 14.7 Å². The van der Waals surface area contributed by atoms with Gasteiger partial charge in [-0.3, -0.25) is 18.7 Å². The zero-order valence-electron chi connectivity index (χ0n) is 23.6. The highest BCUT2D eigenvalue weighted by atomic mass is 16.5. The number of ether oxygens (including phenoxy) is 2. The van der Waals surface area contributed by atoms with Crippen LogP contribution in [-0.2, 0) is 6.54 Å². The molecule has 0 aliphatic heterocycles. The van der Waals surface area contributed by atoms with Crippen LogP contribution in [0.1, 0.15) is 97.7 Å². The lowest BCUT2D eigenvalue weighted by Crippen LogP contribution is -2.58. The average molecular weight is 563 g/mol. The van der Waals surface area contributed by atoms with Gasteiger partial charge in [-0.1, -0.05) is 0 Å². The van der Waals surface area contributed by atoms with Crippen molar-refractivity contribution in [3.05, 3.63) is 41.6 Å². The first-order valence-electron chi connectivity index (χ1n) is 14.8. The van der Waals surface area contributed by atoms with E-state index in [0.29, 0.717) is 29.0 Å². The molecular weight excluding hydrogens is 524 g/mol. The number of amides is 2. The highest BCUT2D eigenvalue weighted by Gasteiger charge is 2.54. The molecule has 0 saturated heterocycles. The quantitative estimate of drug-likeness (QED) is 0.325. The fourth-order valence-electron chi connectivity index (χ4n) is 6.51. The number of hydrogen-bond donors (Lipinski definition) is 3. The molecule has 0 bridgehead atoms. The van der Waals surface area contributed by atoms with Crippen molar-refractivity contribution in [2.24, 2.45) is 17.1 Å². The minimum atomic E-state index is -0.937. The molecule has 2 amide bonds. The number of primary amides is 1. The third-order valence-corrected chi connectivity index (χ3v) is 8.90. The molecular formula is C30H38N6O5. The Morgan fingerprint density at radius 3 is 2.59 bits per heavy atom. The van der Waals surface area contributed by atoms with Crippen LogP contribution in [0.3, 0.4) is 0 Å². The Balaban J connectivity index is 0.954. The summed E-state index contributed by atoms with van der Waals surface area (Å²) in [5.74, 6) is 1.39. The molecule has 1 spiro atoms. The number of imidazole rings is 1. The maximum absolute atomic E-state index is 13.2. The van der Waals surface area contributed by atoms with Gasteiger partial charge in [0.25, 0.3) is 11.8 Å². The van der Waals surface area contributed by atoms with Crippen LogP contribution in [0.2, 0.25) is 0 Å². The number of carbonyl (C=O) groups is 2. The Morgan fingerprint density at radius 2 is 1.93 bits per heavy atom. The van der Waals surface area contributed by atoms with Crippen molar-refractivity contribution in [3.8, 4) is 11.6 Å². The summed E-state index contributed by atoms with van der Waals surface area (Å²) in [5.41, 5.74) is 7.33. The predicted molar refractivity (Wildman–Crippen MR) is 149 cm³/mol. The normalized spacial score (nSPS) is 25.5. The van der Waals surface area contributed by atoms with Crippen LogP contribution in [0.25, 0.3) is 5.52 Å². The van der Waals surface area contributed by atoms with Crippen LogP contribution < -0.4 is 20.5 Å². The van der Waals surface area contributed by atoms with Gasteiger partial charge < -0.3 is 25.6 Å². The first-order chi connectivity index (χ1) is 19.6. The Kier molecular flexibility index (Phi) is 6.08. The number of pyridine rings is 1. The summed E-state index contributed by atoms with van der Waals surface area (Å²) in [7, 11) is 0. The van der Waals surface area contributed by atoms with E-state index < -0.39 is 11.5 Å². The van der Waals surface area contributed by atoms with Gasteiger partial charge in [0.15, 0.2) is 5.69 Å². The fraction of sp³-hybridized carbons (Fsp3) is 0.600. The molecule has 3 aromatic heterocycles. The molecule has 0 atom stereocenters. The van der Waals surface area contributed by atoms with Gasteiger partial charge in [0, 0.05) is 24.7 Å². The van der Waals surface area contributed by atoms with Gasteiger partial charge in [-0.25, -0.2) is 4.98 Å². The Hall–Kier alpha value is -3.60. The van der Waals surface area contributed by atoms with Crippen molar-refractivity contribution < 1.29 is 24.2 Å². The van der Waals surface area contributed by atoms with E-state index in [1.165, 1.54) is 12.8 Å². The van der Waals surface area contributed by atoms with Gasteiger partial charge in [0.1, 0.15) is 30.4 Å². The lowest BCUT2D eigenvalue weighted by molar-refractivity contribution is -0.0849. The molecule has 4 aliphatic rings. The molecule has 3 aromatic rings. The molecule has 0 unspecified atom stereocenters. The first kappa shape index (κ1) is 26.3. The van der Waals surface area contributed by atoms with E-state index in [1.807, 2.05) is 16.5 Å². The van der Waals surface area contributed by atoms with E-state index in [1.54, 1.807) is 31.1 Å². The van der Waals surface area contributed by atoms with Gasteiger partial charge in [0.05, 0.1) is 16.8 Å². The van der Waals surface area contributed by atoms with Crippen LogP contribution >= 0.6 is 0 Å². The third-order valence-electron chi connectivity index (χ3n) is 8.90. The number of hydrogen-bond acceptors (Lipinski definition) is 7. The second-order valence-corrected chi connectivity index (χ2v) is 13.4. The van der Waals surface area contributed by atoms with Gasteiger partial charge in [-0.05, 0) is 88.7 Å². The second kappa shape index (κ2) is 9.47. The number of aromatic nitrogens is 4. The standard InChI is InChI=1S/C30H38N6O5/c1-29(2,39)15-40-23-8-7-22-24(32-16-36(22)25(23)18-5-6-18)27(38)33-19-9-30(10-19)11-20(12-30)41-28-21(26(31)37)14-35(34-28)13-17-3-4-17/h7-8,14,16-20,39H,3-6,9-13,15H2,1-2H3,(H2,31,37)(H,33,38). The smallest absolute Gasteiger partial charge is 0.272 e. The summed E-state index contributed by atoms with van der Waals surface area (Å²) in [6, 6.07) is 3.85. The summed E-state index contributed by atoms with van der Waals surface area (Å²) >= 11 is 0. The zero-order valence-corrected chi connectivity index (χ0v) is 23.6. The van der Waals surface area contributed by atoms with Gasteiger partial charge in [0.2, 0.25) is 5.88 Å². The Labute approximate surface area is 238 Å². The molecule has 0 radical (unpaired) electrons. The van der Waals surface area contributed by atoms with Crippen LogP contribution in [0, 0.1) is 11.3 Å². The maximum atomic E-state index is 13.2. The molecule has 0 aromatic carbocycles. The van der Waals surface area contributed by atoms with Crippen LogP contribution in [0.5, 0.6) is 11.6 Å². The minimum absolute atomic E-state index is 0.000205. The second-order valence-electron chi connectivity index (χ2n) is 13.4. The van der Waals surface area contributed by atoms with Crippen LogP contribution in [0.4, 0.5) is 0 Å². The molecule has 218 valence electrons. The van der Waals surface area contributed by atoms with Crippen molar-refractivity contribution in [1.29, 1.82) is 0 Å². The fourth-order valence-corrected chi connectivity index (χ4v) is 6.51. The van der Waals surface area contributed by atoms with Gasteiger partial charge in [-0.2, -0.15) is 0 Å². The van der Waals surface area contributed by atoms with Crippen molar-refractivity contribution in [3.63, 3.8) is 0 Å². The first-order valence-corrected chi connectivity index (χ1v) is 14.8. The lowest BCUT2D eigenvalue weighted by atomic mass is 9.53. The van der Waals surface area contributed by atoms with Crippen molar-refractivity contribution >= 4 is 17.3 Å². The van der Waals surface area contributed by atoms with Crippen molar-refractivity contribution in [1.82, 2.24) is 24.5 Å². The number of rotatable bonds is 11. The molecule has 11 nitrogen and oxygen atoms in total. The van der Waals surface area contributed by atoms with Crippen molar-refractivity contribution in [2.45, 2.75) is 95.4 Å². The number of fused-ring (bicyclic) bond motifs is 1. The number of carbonyl (C=O) groups excluding carboxylic acids is 2. The van der Waals surface area contributed by atoms with Crippen molar-refractivity contribution in [2.75, 3.05) is 6.61 Å². The molecule has 41 heavy (non-hydrogen) atoms. The number of nitrogens with two attached hydrogens (primary N) is 1. The van der Waals surface area contributed by atoms with E-state index in [-0.39, 0.29) is 30.1 Å². The number of aliphatic hydroxyl groups is 1. The molecule has 3 heterocycles. The molecule has 4 saturated carbocycles. The summed E-state index contributed by atoms with van der Waals surface area (Å²) in [4.78, 5) is 29.6. The summed E-state index contributed by atoms with van der Waals surface area (Å²) < 4.78 is 15.8. The monoisotopic (exact) mass is 562 g/mol. The van der Waals surface area contributed by atoms with E-state index in [2.05, 4.69) is 15.4 Å². The molecule has 7 rings (SSSR count). The third kappa shape index (κ3) is 5.27. The SMILES string of the molecule is CC(C)(O)COc1ccc2c(C(=O)NC3CC4(C3)CC(Oc3nn(CC5CC5)cc3C(N)=O)C4)ncn2c1C1CC1. The van der Waals surface area contributed by atoms with Crippen LogP contribution in [0.15, 0.2) is 24.7 Å². The van der Waals surface area contributed by atoms with Gasteiger partial charge >= 0.3 is 0 Å². The molecule has 4 N–H and O–H groups in total. The summed E-state index contributed by atoms with van der Waals surface area (Å²) in [6.07, 6.45) is 11.5. The van der Waals surface area contributed by atoms with Gasteiger partial charge in [-0.15, -0.1) is 5.10 Å². The van der Waals surface area contributed by atoms with E-state index >= 15 is 0 Å². The molecule has 4 fully saturated rings. The highest BCUT2D eigenvalue weighted by Crippen LogP contribution is 2.57. The topological polar surface area (TPSA) is 146 Å². The molecule has 11 heteroatoms. The number of nitrogens with one attached hydrogen (secondary N) is 1. The molecule has 4 aliphatic carbocycles. The Bertz CT molecular complexity index is 1500.